The first-order valence-corrected chi connectivity index (χ1v) is 17.6. The van der Waals surface area contributed by atoms with Gasteiger partial charge in [-0.05, 0) is 83.3 Å². The lowest BCUT2D eigenvalue weighted by molar-refractivity contribution is 1.15. The molecule has 2 heteroatoms. The highest BCUT2D eigenvalue weighted by Gasteiger charge is 2.18. The van der Waals surface area contributed by atoms with Gasteiger partial charge < -0.3 is 9.13 Å². The molecule has 0 bridgehead atoms. The Morgan fingerprint density at radius 3 is 1.29 bits per heavy atom. The Kier molecular flexibility index (Phi) is 6.75. The van der Waals surface area contributed by atoms with Gasteiger partial charge in [-0.25, -0.2) is 0 Å². The fraction of sp³-hybridized carbons (Fsp3) is 0.0204. The van der Waals surface area contributed by atoms with Crippen LogP contribution in [0, 0.1) is 6.92 Å². The fourth-order valence-electron chi connectivity index (χ4n) is 8.02. The van der Waals surface area contributed by atoms with Crippen molar-refractivity contribution in [2.24, 2.45) is 0 Å². The van der Waals surface area contributed by atoms with Crippen molar-refractivity contribution in [3.05, 3.63) is 194 Å². The summed E-state index contributed by atoms with van der Waals surface area (Å²) in [5.74, 6) is 0. The molecule has 0 atom stereocenters. The van der Waals surface area contributed by atoms with E-state index in [1.165, 1.54) is 82.6 Å². The lowest BCUT2D eigenvalue weighted by atomic mass is 9.95. The smallest absolute Gasteiger partial charge is 0.0542 e. The molecule has 2 nitrogen and oxygen atoms in total. The second-order valence-corrected chi connectivity index (χ2v) is 13.5. The highest BCUT2D eigenvalue weighted by Crippen LogP contribution is 2.40. The van der Waals surface area contributed by atoms with Gasteiger partial charge in [0.1, 0.15) is 0 Å². The van der Waals surface area contributed by atoms with Crippen LogP contribution >= 0.6 is 0 Å². The summed E-state index contributed by atoms with van der Waals surface area (Å²) in [5, 5.41) is 5.04. The van der Waals surface area contributed by atoms with Crippen LogP contribution in [-0.2, 0) is 0 Å². The minimum Gasteiger partial charge on any atom is -0.309 e. The SMILES string of the molecule is Cc1cccc(-c2ccc(-c3cccc(-c4cc(-n5c6ccccc6c6ccccc65)ccc4-n4c5ccccc5c5ccccc54)c3)cc2)c1. The number of benzene rings is 8. The highest BCUT2D eigenvalue weighted by molar-refractivity contribution is 6.11. The van der Waals surface area contributed by atoms with Gasteiger partial charge in [-0.3, -0.25) is 0 Å². The zero-order chi connectivity index (χ0) is 33.9. The van der Waals surface area contributed by atoms with Crippen molar-refractivity contribution < 1.29 is 0 Å². The molecule has 0 radical (unpaired) electrons. The molecular weight excluding hydrogens is 617 g/mol. The normalized spacial score (nSPS) is 11.6. The maximum atomic E-state index is 2.44. The van der Waals surface area contributed by atoms with Crippen molar-refractivity contribution in [2.45, 2.75) is 6.92 Å². The van der Waals surface area contributed by atoms with E-state index in [1.807, 2.05) is 0 Å². The van der Waals surface area contributed by atoms with Crippen LogP contribution in [0.25, 0.3) is 88.4 Å². The summed E-state index contributed by atoms with van der Waals surface area (Å²) in [6.07, 6.45) is 0. The van der Waals surface area contributed by atoms with Gasteiger partial charge in [-0.15, -0.1) is 0 Å². The molecule has 0 amide bonds. The first-order chi connectivity index (χ1) is 25.2. The maximum Gasteiger partial charge on any atom is 0.0542 e. The summed E-state index contributed by atoms with van der Waals surface area (Å²) >= 11 is 0. The van der Waals surface area contributed by atoms with E-state index >= 15 is 0 Å². The van der Waals surface area contributed by atoms with Gasteiger partial charge in [-0.1, -0.05) is 145 Å². The minimum absolute atomic E-state index is 1.14. The molecule has 10 rings (SSSR count). The van der Waals surface area contributed by atoms with Gasteiger partial charge in [0.25, 0.3) is 0 Å². The Hall–Kier alpha value is -6.64. The average Bonchev–Trinajstić information content (AvgIpc) is 3.71. The van der Waals surface area contributed by atoms with Crippen LogP contribution in [0.2, 0.25) is 0 Å². The zero-order valence-corrected chi connectivity index (χ0v) is 28.3. The standard InChI is InChI=1S/C49H34N2/c1-33-12-10-13-36(30-33)34-24-26-35(27-25-34)37-14-11-15-38(31-37)44-32-39(50-45-20-6-2-16-40(45)41-17-3-7-21-46(41)50)28-29-49(44)51-47-22-8-4-18-42(47)43-19-5-9-23-48(43)51/h2-32H,1H3. The quantitative estimate of drug-likeness (QED) is 0.175. The lowest BCUT2D eigenvalue weighted by Crippen LogP contribution is -2.01. The number of para-hydroxylation sites is 4. The van der Waals surface area contributed by atoms with E-state index in [9.17, 15) is 0 Å². The number of hydrogen-bond acceptors (Lipinski definition) is 0. The molecule has 2 aromatic heterocycles. The minimum atomic E-state index is 1.14. The molecular formula is C49H34N2. The van der Waals surface area contributed by atoms with Crippen LogP contribution in [0.3, 0.4) is 0 Å². The maximum absolute atomic E-state index is 2.44. The topological polar surface area (TPSA) is 9.86 Å². The van der Waals surface area contributed by atoms with Crippen LogP contribution in [0.15, 0.2) is 188 Å². The summed E-state index contributed by atoms with van der Waals surface area (Å²) in [4.78, 5) is 0. The molecule has 10 aromatic rings. The Bertz CT molecular complexity index is 2810. The van der Waals surface area contributed by atoms with Crippen molar-refractivity contribution >= 4 is 43.6 Å². The Labute approximate surface area is 297 Å². The number of nitrogens with zero attached hydrogens (tertiary/aromatic N) is 2. The van der Waals surface area contributed by atoms with Gasteiger partial charge in [0.2, 0.25) is 0 Å². The first-order valence-electron chi connectivity index (χ1n) is 17.6. The van der Waals surface area contributed by atoms with Crippen molar-refractivity contribution in [3.63, 3.8) is 0 Å². The van der Waals surface area contributed by atoms with Crippen LogP contribution < -0.4 is 0 Å². The van der Waals surface area contributed by atoms with Gasteiger partial charge in [0, 0.05) is 32.8 Å². The van der Waals surface area contributed by atoms with E-state index in [0.29, 0.717) is 0 Å². The fourth-order valence-corrected chi connectivity index (χ4v) is 8.02. The second-order valence-electron chi connectivity index (χ2n) is 13.5. The number of hydrogen-bond donors (Lipinski definition) is 0. The van der Waals surface area contributed by atoms with E-state index in [4.69, 9.17) is 0 Å². The summed E-state index contributed by atoms with van der Waals surface area (Å²) in [7, 11) is 0. The Balaban J connectivity index is 1.20. The van der Waals surface area contributed by atoms with Crippen LogP contribution in [0.5, 0.6) is 0 Å². The summed E-state index contributed by atoms with van der Waals surface area (Å²) in [6.45, 7) is 2.15. The molecule has 0 aliphatic heterocycles. The molecule has 0 N–H and O–H groups in total. The molecule has 240 valence electrons. The van der Waals surface area contributed by atoms with Gasteiger partial charge >= 0.3 is 0 Å². The van der Waals surface area contributed by atoms with Gasteiger partial charge in [-0.2, -0.15) is 0 Å². The number of fused-ring (bicyclic) bond motifs is 6. The molecule has 0 saturated heterocycles. The molecule has 0 spiro atoms. The molecule has 0 saturated carbocycles. The van der Waals surface area contributed by atoms with E-state index in [0.717, 1.165) is 11.4 Å². The van der Waals surface area contributed by atoms with Crippen LogP contribution in [0.1, 0.15) is 5.56 Å². The van der Waals surface area contributed by atoms with Crippen molar-refractivity contribution in [2.75, 3.05) is 0 Å². The third-order valence-corrected chi connectivity index (χ3v) is 10.4. The van der Waals surface area contributed by atoms with Crippen molar-refractivity contribution in [1.29, 1.82) is 0 Å². The Morgan fingerprint density at radius 1 is 0.314 bits per heavy atom. The molecule has 0 unspecified atom stereocenters. The number of aryl methyl sites for hydroxylation is 1. The van der Waals surface area contributed by atoms with E-state index in [2.05, 4.69) is 204 Å². The van der Waals surface area contributed by atoms with E-state index < -0.39 is 0 Å². The van der Waals surface area contributed by atoms with E-state index in [1.54, 1.807) is 0 Å². The average molecular weight is 651 g/mol. The molecule has 2 heterocycles. The Morgan fingerprint density at radius 2 is 0.765 bits per heavy atom. The molecule has 51 heavy (non-hydrogen) atoms. The van der Waals surface area contributed by atoms with Crippen LogP contribution in [-0.4, -0.2) is 9.13 Å². The van der Waals surface area contributed by atoms with Gasteiger partial charge in [0.15, 0.2) is 0 Å². The first kappa shape index (κ1) is 29.3. The number of aromatic nitrogens is 2. The highest BCUT2D eigenvalue weighted by atomic mass is 15.0. The van der Waals surface area contributed by atoms with Crippen molar-refractivity contribution in [3.8, 4) is 44.8 Å². The third-order valence-electron chi connectivity index (χ3n) is 10.4. The predicted molar refractivity (Wildman–Crippen MR) is 216 cm³/mol. The second kappa shape index (κ2) is 11.8. The largest absolute Gasteiger partial charge is 0.309 e. The zero-order valence-electron chi connectivity index (χ0n) is 28.3. The molecule has 8 aromatic carbocycles. The lowest BCUT2D eigenvalue weighted by Gasteiger charge is -2.18. The predicted octanol–water partition coefficient (Wildman–Crippen LogP) is 13.2. The summed E-state index contributed by atoms with van der Waals surface area (Å²) in [6, 6.07) is 68.7. The van der Waals surface area contributed by atoms with Crippen molar-refractivity contribution in [1.82, 2.24) is 9.13 Å². The van der Waals surface area contributed by atoms with Crippen LogP contribution in [0.4, 0.5) is 0 Å². The van der Waals surface area contributed by atoms with E-state index in [-0.39, 0.29) is 0 Å². The van der Waals surface area contributed by atoms with Gasteiger partial charge in [0.05, 0.1) is 27.8 Å². The molecule has 0 aliphatic carbocycles. The molecule has 0 fully saturated rings. The number of rotatable bonds is 5. The third kappa shape index (κ3) is 4.80. The summed E-state index contributed by atoms with van der Waals surface area (Å²) < 4.78 is 4.86. The monoisotopic (exact) mass is 650 g/mol. The summed E-state index contributed by atoms with van der Waals surface area (Å²) in [5.41, 5.74) is 15.6. The molecule has 0 aliphatic rings.